The number of hydrogen-bond acceptors (Lipinski definition) is 0. The van der Waals surface area contributed by atoms with Gasteiger partial charge in [0, 0.05) is 0 Å². The van der Waals surface area contributed by atoms with Crippen LogP contribution in [0.3, 0.4) is 0 Å². The number of allylic oxidation sites excluding steroid dienone is 2. The van der Waals surface area contributed by atoms with Crippen LogP contribution < -0.4 is 0 Å². The van der Waals surface area contributed by atoms with Gasteiger partial charge in [-0.3, -0.25) is 0 Å². The van der Waals surface area contributed by atoms with Crippen molar-refractivity contribution in [3.05, 3.63) is 129 Å². The minimum atomic E-state index is -4.96. The third-order valence-electron chi connectivity index (χ3n) is 11.5. The van der Waals surface area contributed by atoms with Crippen LogP contribution in [0, 0.1) is 11.8 Å². The Kier molecular flexibility index (Phi) is 10.9. The van der Waals surface area contributed by atoms with Crippen LogP contribution in [0.4, 0.5) is 0 Å². The molecular weight excluding hydrogens is 743 g/mol. The fourth-order valence-electron chi connectivity index (χ4n) is 9.30. The summed E-state index contributed by atoms with van der Waals surface area (Å²) in [5.41, 5.74) is 16.6. The number of hydrogen-bond donors (Lipinski definition) is 0. The van der Waals surface area contributed by atoms with Crippen LogP contribution in [0.15, 0.2) is 96.1 Å². The van der Waals surface area contributed by atoms with Crippen LogP contribution in [0.2, 0.25) is 13.1 Å². The van der Waals surface area contributed by atoms with Gasteiger partial charge < -0.3 is 0 Å². The summed E-state index contributed by atoms with van der Waals surface area (Å²) < 4.78 is 0.174. The van der Waals surface area contributed by atoms with Crippen molar-refractivity contribution in [2.45, 2.75) is 100 Å². The van der Waals surface area contributed by atoms with E-state index in [2.05, 4.69) is 166 Å². The Morgan fingerprint density at radius 3 is 1.20 bits per heavy atom. The Hall–Kier alpha value is -1.96. The van der Waals surface area contributed by atoms with E-state index in [0.29, 0.717) is 23.7 Å². The molecule has 50 heavy (non-hydrogen) atoms. The summed E-state index contributed by atoms with van der Waals surface area (Å²) >= 11 is -4.96. The second-order valence-electron chi connectivity index (χ2n) is 17.0. The van der Waals surface area contributed by atoms with Gasteiger partial charge in [-0.25, -0.2) is 0 Å². The van der Waals surface area contributed by atoms with Crippen LogP contribution in [0.5, 0.6) is 0 Å². The summed E-state index contributed by atoms with van der Waals surface area (Å²) in [5, 5.41) is 0. The van der Waals surface area contributed by atoms with Crippen LogP contribution in [0.25, 0.3) is 34.4 Å². The van der Waals surface area contributed by atoms with Crippen LogP contribution in [0.1, 0.15) is 121 Å². The Labute approximate surface area is 312 Å². The van der Waals surface area contributed by atoms with Crippen LogP contribution in [-0.2, 0) is 15.6 Å². The average molecular weight is 800 g/mol. The van der Waals surface area contributed by atoms with E-state index in [1.54, 1.807) is 0 Å². The van der Waals surface area contributed by atoms with Gasteiger partial charge in [-0.05, 0) is 0 Å². The molecule has 0 fully saturated rings. The molecule has 0 aliphatic heterocycles. The van der Waals surface area contributed by atoms with E-state index in [-0.39, 0.29) is 7.25 Å². The first-order chi connectivity index (χ1) is 23.6. The molecule has 0 saturated carbocycles. The number of fused-ring (bicyclic) bond motifs is 2. The van der Waals surface area contributed by atoms with Crippen molar-refractivity contribution >= 4 is 35.1 Å². The molecule has 0 radical (unpaired) electrons. The van der Waals surface area contributed by atoms with Gasteiger partial charge in [-0.15, -0.1) is 0 Å². The molecule has 0 saturated heterocycles. The van der Waals surface area contributed by atoms with Crippen molar-refractivity contribution in [3.8, 4) is 22.3 Å². The van der Waals surface area contributed by atoms with Gasteiger partial charge in [0.2, 0.25) is 0 Å². The molecule has 4 aromatic rings. The molecule has 0 heterocycles. The molecule has 0 spiro atoms. The standard InChI is InChI=1S/2C22H25.C2H7Si.2ClH.Zr/c2*1-15(2)12-17-13-19-10-11-20(16(3)4)22(21(19)14-17)18-8-6-5-7-9-18;1-3-2;;;/h2*5-11,13-16H,12H2,1-4H3;3H,1-2H3;2*1H;/q;;;;;+2/p-2. The number of halogens is 2. The van der Waals surface area contributed by atoms with Gasteiger partial charge in [0.1, 0.15) is 0 Å². The molecule has 263 valence electrons. The van der Waals surface area contributed by atoms with Crippen molar-refractivity contribution in [2.75, 3.05) is 0 Å². The van der Waals surface area contributed by atoms with E-state index in [1.165, 1.54) is 66.8 Å². The van der Waals surface area contributed by atoms with Crippen LogP contribution in [-0.4, -0.2) is 5.92 Å². The van der Waals surface area contributed by atoms with E-state index in [1.807, 2.05) is 0 Å². The zero-order chi connectivity index (χ0) is 36.1. The molecule has 0 bridgehead atoms. The van der Waals surface area contributed by atoms with Crippen molar-refractivity contribution in [1.29, 1.82) is 0 Å². The molecule has 2 aliphatic rings. The number of rotatable bonds is 11. The van der Waals surface area contributed by atoms with Gasteiger partial charge >= 0.3 is 315 Å². The van der Waals surface area contributed by atoms with Crippen molar-refractivity contribution in [2.24, 2.45) is 11.8 Å². The Bertz CT molecular complexity index is 1800. The van der Waals surface area contributed by atoms with E-state index in [4.69, 9.17) is 17.0 Å². The topological polar surface area (TPSA) is 0 Å². The van der Waals surface area contributed by atoms with Gasteiger partial charge in [0.05, 0.1) is 0 Å². The van der Waals surface area contributed by atoms with E-state index in [0.717, 1.165) is 12.8 Å². The summed E-state index contributed by atoms with van der Waals surface area (Å²) in [6.45, 7) is 23.7. The summed E-state index contributed by atoms with van der Waals surface area (Å²) in [7, 11) is 17.8. The zero-order valence-electron chi connectivity index (χ0n) is 31.9. The third kappa shape index (κ3) is 6.48. The van der Waals surface area contributed by atoms with E-state index < -0.39 is 21.5 Å². The normalized spacial score (nSPS) is 18.1. The van der Waals surface area contributed by atoms with Gasteiger partial charge in [0.15, 0.2) is 0 Å². The molecule has 0 amide bonds. The molecule has 2 unspecified atom stereocenters. The fraction of sp³-hybridized carbons (Fsp3) is 0.391. The maximum atomic E-state index is 8.91. The monoisotopic (exact) mass is 797 g/mol. The van der Waals surface area contributed by atoms with E-state index in [9.17, 15) is 0 Å². The van der Waals surface area contributed by atoms with Gasteiger partial charge in [-0.1, -0.05) is 0 Å². The van der Waals surface area contributed by atoms with Crippen molar-refractivity contribution < 1.29 is 15.6 Å². The quantitative estimate of drug-likeness (QED) is 0.133. The van der Waals surface area contributed by atoms with Gasteiger partial charge in [0.25, 0.3) is 0 Å². The zero-order valence-corrected chi connectivity index (χ0v) is 37.1. The molecule has 0 N–H and O–H groups in total. The predicted molar refractivity (Wildman–Crippen MR) is 223 cm³/mol. The summed E-state index contributed by atoms with van der Waals surface area (Å²) in [4.78, 5) is 0. The Balaban J connectivity index is 1.68. The second-order valence-corrected chi connectivity index (χ2v) is 59.5. The Morgan fingerprint density at radius 2 is 0.900 bits per heavy atom. The van der Waals surface area contributed by atoms with Crippen molar-refractivity contribution in [3.63, 3.8) is 0 Å². The second kappa shape index (κ2) is 14.5. The average Bonchev–Trinajstić information content (AvgIpc) is 3.62. The number of benzene rings is 4. The van der Waals surface area contributed by atoms with Crippen LogP contribution >= 0.6 is 17.0 Å². The molecule has 2 aliphatic carbocycles. The molecular formula is C46H57Cl2SiZr. The molecule has 6 rings (SSSR count). The maximum absolute atomic E-state index is 8.91. The van der Waals surface area contributed by atoms with Crippen molar-refractivity contribution in [1.82, 2.24) is 0 Å². The SMILES string of the molecule is CC(C)CC1=Cc2c(ccc(C(C)C)c2-c2ccccc2)[CH]1[Zr]([Cl])([Cl])([CH]1C(CC(C)C)=Cc2c1ccc(C(C)C)c2-c1ccccc1)[SiH](C)C. The minimum absolute atomic E-state index is 0.0870. The molecule has 4 aromatic carbocycles. The summed E-state index contributed by atoms with van der Waals surface area (Å²) in [6, 6.07) is 31.8. The first-order valence-corrected chi connectivity index (χ1v) is 35.4. The van der Waals surface area contributed by atoms with E-state index >= 15 is 0 Å². The van der Waals surface area contributed by atoms with Gasteiger partial charge in [-0.2, -0.15) is 0 Å². The molecule has 0 aromatic heterocycles. The first-order valence-electron chi connectivity index (χ1n) is 19.1. The third-order valence-corrected chi connectivity index (χ3v) is 63.4. The molecule has 2 atom stereocenters. The summed E-state index contributed by atoms with van der Waals surface area (Å²) in [5.74, 6) is 0.120. The first kappa shape index (κ1) is 37.8. The predicted octanol–water partition coefficient (Wildman–Crippen LogP) is 14.9. The fourth-order valence-corrected chi connectivity index (χ4v) is 40.7. The molecule has 4 heteroatoms. The molecule has 0 nitrogen and oxygen atoms in total. The Morgan fingerprint density at radius 1 is 0.540 bits per heavy atom. The summed E-state index contributed by atoms with van der Waals surface area (Å²) in [6.07, 6.45) is 7.14.